The largest absolute Gasteiger partial charge is 0.292 e. The van der Waals surface area contributed by atoms with Gasteiger partial charge in [-0.15, -0.1) is 0 Å². The van der Waals surface area contributed by atoms with Gasteiger partial charge < -0.3 is 0 Å². The van der Waals surface area contributed by atoms with Crippen LogP contribution < -0.4 is 0 Å². The van der Waals surface area contributed by atoms with E-state index in [1.165, 1.54) is 0 Å². The van der Waals surface area contributed by atoms with Crippen LogP contribution in [0, 0.1) is 0 Å². The fourth-order valence-electron chi connectivity index (χ4n) is 1.01. The van der Waals surface area contributed by atoms with Crippen molar-refractivity contribution < 1.29 is 4.79 Å². The molecule has 0 radical (unpaired) electrons. The zero-order chi connectivity index (χ0) is 8.81. The van der Waals surface area contributed by atoms with Gasteiger partial charge in [0.2, 0.25) is 0 Å². The van der Waals surface area contributed by atoms with E-state index in [4.69, 9.17) is 0 Å². The number of hydrogen-bond donors (Lipinski definition) is 0. The Morgan fingerprint density at radius 1 is 1.67 bits per heavy atom. The fourth-order valence-corrected chi connectivity index (χ4v) is 1.01. The van der Waals surface area contributed by atoms with Gasteiger partial charge >= 0.3 is 0 Å². The Balaban J connectivity index is 2.66. The molecule has 1 rings (SSSR count). The summed E-state index contributed by atoms with van der Waals surface area (Å²) in [7, 11) is 0. The zero-order valence-electron chi connectivity index (χ0n) is 7.29. The number of ketones is 1. The van der Waals surface area contributed by atoms with Crippen LogP contribution in [0.3, 0.4) is 0 Å². The lowest BCUT2D eigenvalue weighted by atomic mass is 10.2. The minimum atomic E-state index is 0.139. The summed E-state index contributed by atoms with van der Waals surface area (Å²) in [5.41, 5.74) is 0.589. The molecular formula is C10H13NO. The van der Waals surface area contributed by atoms with Gasteiger partial charge in [-0.1, -0.05) is 19.1 Å². The van der Waals surface area contributed by atoms with Crippen LogP contribution in [0.15, 0.2) is 28.9 Å². The summed E-state index contributed by atoms with van der Waals surface area (Å²) < 4.78 is 0. The lowest BCUT2D eigenvalue weighted by molar-refractivity contribution is -0.115. The molecule has 0 fully saturated rings. The molecule has 1 aliphatic rings. The zero-order valence-corrected chi connectivity index (χ0v) is 7.29. The number of carbonyl (C=O) groups is 1. The summed E-state index contributed by atoms with van der Waals surface area (Å²) >= 11 is 0. The van der Waals surface area contributed by atoms with Crippen LogP contribution in [-0.4, -0.2) is 12.0 Å². The second kappa shape index (κ2) is 4.65. The maximum atomic E-state index is 11.3. The quantitative estimate of drug-likeness (QED) is 0.627. The van der Waals surface area contributed by atoms with Crippen molar-refractivity contribution in [3.63, 3.8) is 0 Å². The van der Waals surface area contributed by atoms with E-state index in [2.05, 4.69) is 4.99 Å². The molecule has 0 saturated carbocycles. The molecule has 0 spiro atoms. The summed E-state index contributed by atoms with van der Waals surface area (Å²) in [6.07, 6.45) is 9.71. The van der Waals surface area contributed by atoms with Gasteiger partial charge in [-0.2, -0.15) is 0 Å². The molecule has 0 atom stereocenters. The van der Waals surface area contributed by atoms with E-state index in [0.29, 0.717) is 12.1 Å². The van der Waals surface area contributed by atoms with Gasteiger partial charge in [-0.25, -0.2) is 0 Å². The lowest BCUT2D eigenvalue weighted by Gasteiger charge is -1.96. The van der Waals surface area contributed by atoms with Crippen LogP contribution in [0.2, 0.25) is 0 Å². The molecule has 0 unspecified atom stereocenters. The molecule has 0 saturated heterocycles. The van der Waals surface area contributed by atoms with Crippen molar-refractivity contribution >= 4 is 12.0 Å². The molecule has 0 aromatic heterocycles. The van der Waals surface area contributed by atoms with Crippen LogP contribution in [-0.2, 0) is 4.79 Å². The Hall–Kier alpha value is -1.18. The molecule has 1 aliphatic heterocycles. The van der Waals surface area contributed by atoms with E-state index in [9.17, 15) is 4.79 Å². The molecule has 0 amide bonds. The van der Waals surface area contributed by atoms with E-state index in [1.807, 2.05) is 19.1 Å². The highest BCUT2D eigenvalue weighted by Gasteiger charge is 2.05. The molecule has 64 valence electrons. The van der Waals surface area contributed by atoms with Gasteiger partial charge in [0.15, 0.2) is 5.78 Å². The normalized spacial score (nSPS) is 15.6. The third-order valence-electron chi connectivity index (χ3n) is 1.62. The first-order valence-corrected chi connectivity index (χ1v) is 4.27. The smallest absolute Gasteiger partial charge is 0.181 e. The van der Waals surface area contributed by atoms with Crippen molar-refractivity contribution in [1.82, 2.24) is 0 Å². The third-order valence-corrected chi connectivity index (χ3v) is 1.62. The second-order valence-electron chi connectivity index (χ2n) is 2.70. The van der Waals surface area contributed by atoms with Gasteiger partial charge in [-0.3, -0.25) is 9.79 Å². The van der Waals surface area contributed by atoms with E-state index in [0.717, 1.165) is 12.8 Å². The van der Waals surface area contributed by atoms with Gasteiger partial charge in [0.05, 0.1) is 0 Å². The fraction of sp³-hybridized carbons (Fsp3) is 0.400. The van der Waals surface area contributed by atoms with Crippen molar-refractivity contribution in [2.75, 3.05) is 0 Å². The minimum Gasteiger partial charge on any atom is -0.292 e. The predicted molar refractivity (Wildman–Crippen MR) is 50.2 cm³/mol. The van der Waals surface area contributed by atoms with Crippen LogP contribution in [0.5, 0.6) is 0 Å². The van der Waals surface area contributed by atoms with Crippen molar-refractivity contribution in [2.24, 2.45) is 4.99 Å². The molecule has 0 bridgehead atoms. The molecule has 2 heteroatoms. The average Bonchev–Trinajstić information content (AvgIpc) is 2.32. The Labute approximate surface area is 72.7 Å². The molecule has 0 aromatic rings. The van der Waals surface area contributed by atoms with Crippen molar-refractivity contribution in [3.8, 4) is 0 Å². The summed E-state index contributed by atoms with van der Waals surface area (Å²) in [6.45, 7) is 1.99. The molecule has 0 aliphatic carbocycles. The highest BCUT2D eigenvalue weighted by Crippen LogP contribution is 2.06. The third kappa shape index (κ3) is 2.46. The predicted octanol–water partition coefficient (Wildman–Crippen LogP) is 2.27. The van der Waals surface area contributed by atoms with Crippen molar-refractivity contribution in [1.29, 1.82) is 0 Å². The molecule has 2 nitrogen and oxygen atoms in total. The molecular weight excluding hydrogens is 150 g/mol. The van der Waals surface area contributed by atoms with Crippen molar-refractivity contribution in [3.05, 3.63) is 23.9 Å². The summed E-state index contributed by atoms with van der Waals surface area (Å²) in [4.78, 5) is 15.4. The van der Waals surface area contributed by atoms with Crippen LogP contribution in [0.4, 0.5) is 0 Å². The van der Waals surface area contributed by atoms with Crippen molar-refractivity contribution in [2.45, 2.75) is 26.2 Å². The molecule has 0 N–H and O–H groups in total. The van der Waals surface area contributed by atoms with Crippen LogP contribution in [0.1, 0.15) is 26.2 Å². The summed E-state index contributed by atoms with van der Waals surface area (Å²) in [6, 6.07) is 0. The molecule has 12 heavy (non-hydrogen) atoms. The first kappa shape index (κ1) is 8.91. The molecule has 1 heterocycles. The summed E-state index contributed by atoms with van der Waals surface area (Å²) in [5.74, 6) is 0.139. The van der Waals surface area contributed by atoms with E-state index < -0.39 is 0 Å². The van der Waals surface area contributed by atoms with E-state index >= 15 is 0 Å². The maximum Gasteiger partial charge on any atom is 0.181 e. The van der Waals surface area contributed by atoms with Gasteiger partial charge in [0.1, 0.15) is 5.70 Å². The first-order chi connectivity index (χ1) is 5.84. The van der Waals surface area contributed by atoms with E-state index in [1.54, 1.807) is 12.3 Å². The highest BCUT2D eigenvalue weighted by atomic mass is 16.1. The van der Waals surface area contributed by atoms with Gasteiger partial charge in [0, 0.05) is 19.1 Å². The average molecular weight is 163 g/mol. The Morgan fingerprint density at radius 3 is 3.25 bits per heavy atom. The Bertz CT molecular complexity index is 249. The first-order valence-electron chi connectivity index (χ1n) is 4.27. The van der Waals surface area contributed by atoms with E-state index in [-0.39, 0.29) is 5.78 Å². The standard InChI is InChI=1S/C10H13NO/c1-2-6-10(12)9-7-4-3-5-8-11-9/h3-4,7-8H,2,5-6H2,1H3. The number of rotatable bonds is 3. The van der Waals surface area contributed by atoms with Gasteiger partial charge in [0.25, 0.3) is 0 Å². The number of aliphatic imine (C=N–C) groups is 1. The van der Waals surface area contributed by atoms with Crippen LogP contribution in [0.25, 0.3) is 0 Å². The number of carbonyl (C=O) groups excluding carboxylic acids is 1. The number of hydrogen-bond acceptors (Lipinski definition) is 2. The highest BCUT2D eigenvalue weighted by molar-refractivity contribution is 5.96. The topological polar surface area (TPSA) is 29.4 Å². The number of Topliss-reactive ketones (excluding diaryl/α,β-unsaturated/α-hetero) is 1. The number of nitrogens with zero attached hydrogens (tertiary/aromatic N) is 1. The minimum absolute atomic E-state index is 0.139. The second-order valence-corrected chi connectivity index (χ2v) is 2.70. The summed E-state index contributed by atoms with van der Waals surface area (Å²) in [5, 5.41) is 0. The maximum absolute atomic E-state index is 11.3. The van der Waals surface area contributed by atoms with Crippen LogP contribution >= 0.6 is 0 Å². The lowest BCUT2D eigenvalue weighted by Crippen LogP contribution is -1.99. The SMILES string of the molecule is CCCC(=O)C1=CC=CCC=N1. The number of allylic oxidation sites excluding steroid dienone is 4. The molecule has 0 aromatic carbocycles. The van der Waals surface area contributed by atoms with Gasteiger partial charge in [-0.05, 0) is 12.5 Å². The Morgan fingerprint density at radius 2 is 2.50 bits per heavy atom. The monoisotopic (exact) mass is 163 g/mol. The Kier molecular flexibility index (Phi) is 3.45.